The molecule has 0 N–H and O–H groups in total. The monoisotopic (exact) mass is 1530 g/mol. The molecule has 114 heavy (non-hydrogen) atoms. The van der Waals surface area contributed by atoms with E-state index in [1.165, 1.54) is 53.0 Å². The number of aryl methyl sites for hydroxylation is 1. The maximum Gasteiger partial charge on any atom is 0.179 e. The Labute approximate surface area is 692 Å². The van der Waals surface area contributed by atoms with Crippen LogP contribution in [-0.2, 0) is 38.9 Å². The van der Waals surface area contributed by atoms with Crippen molar-refractivity contribution in [3.63, 3.8) is 0 Å². The van der Waals surface area contributed by atoms with Crippen molar-refractivity contribution in [3.8, 4) is 36.6 Å². The van der Waals surface area contributed by atoms with E-state index in [2.05, 4.69) is 388 Å². The molecule has 0 bridgehead atoms. The van der Waals surface area contributed by atoms with Crippen molar-refractivity contribution in [2.24, 2.45) is 0 Å². The SMILES string of the molecule is C#Cc1cccc(C#N)c1C(C)(C)C.CC(C)(C)[Si](c1ccccc1)(c1ccccc1)c1ccccc1.CC(C)(C)c1ccc(C#N)cc1.CC(C)(C)c1cccc(C#N)c1.CC(C)(C)c1cccc([Si](c2ccccc2)(c2ccccc2)c2ccccc2)c1.CC(C)(C)c1ccccc1C#N.[2H]C([2H])(C)c1ccccc1C(C)(C)C. The maximum atomic E-state index is 8.98. The molecular weight excluding hydrogens is 1410 g/mol. The molecule has 0 amide bonds. The second kappa shape index (κ2) is 40.9. The Hall–Kier alpha value is -11.4. The highest BCUT2D eigenvalue weighted by Crippen LogP contribution is 2.36. The Balaban J connectivity index is 0.000000217. The van der Waals surface area contributed by atoms with Gasteiger partial charge in [0.1, 0.15) is 0 Å². The highest BCUT2D eigenvalue weighted by molar-refractivity contribution is 7.20. The fourth-order valence-corrected chi connectivity index (χ4v) is 24.9. The van der Waals surface area contributed by atoms with Crippen molar-refractivity contribution in [2.75, 3.05) is 0 Å². The average molecular weight is 1530 g/mol. The van der Waals surface area contributed by atoms with E-state index in [9.17, 15) is 0 Å². The molecule has 0 aromatic heterocycles. The first-order chi connectivity index (χ1) is 54.4. The van der Waals surface area contributed by atoms with Gasteiger partial charge in [-0.1, -0.05) is 437 Å². The Morgan fingerprint density at radius 3 is 0.939 bits per heavy atom. The highest BCUT2D eigenvalue weighted by Gasteiger charge is 2.49. The normalized spacial score (nSPS) is 11.8. The lowest BCUT2D eigenvalue weighted by atomic mass is 9.81. The quantitative estimate of drug-likeness (QED) is 0.0860. The van der Waals surface area contributed by atoms with E-state index in [0.717, 1.165) is 44.5 Å². The number of benzene rings is 12. The van der Waals surface area contributed by atoms with Crippen molar-refractivity contribution in [2.45, 2.75) is 196 Å². The van der Waals surface area contributed by atoms with E-state index in [4.69, 9.17) is 30.2 Å². The molecule has 0 unspecified atom stereocenters. The zero-order valence-electron chi connectivity index (χ0n) is 74.0. The summed E-state index contributed by atoms with van der Waals surface area (Å²) in [6.45, 7) is 47.4. The summed E-state index contributed by atoms with van der Waals surface area (Å²) in [5.41, 5.74) is 12.0. The van der Waals surface area contributed by atoms with Crippen molar-refractivity contribution >= 4 is 52.5 Å². The van der Waals surface area contributed by atoms with Crippen LogP contribution < -0.4 is 36.3 Å². The fraction of sp³-hybridized carbons (Fsp3) is 0.278. The van der Waals surface area contributed by atoms with Crippen molar-refractivity contribution < 1.29 is 2.74 Å². The van der Waals surface area contributed by atoms with Crippen molar-refractivity contribution in [3.05, 3.63) is 388 Å². The van der Waals surface area contributed by atoms with Crippen LogP contribution in [0.15, 0.2) is 322 Å². The minimum atomic E-state index is -2.41. The van der Waals surface area contributed by atoms with Gasteiger partial charge in [-0.3, -0.25) is 0 Å². The Morgan fingerprint density at radius 1 is 0.281 bits per heavy atom. The first-order valence-electron chi connectivity index (χ1n) is 40.5. The zero-order valence-corrected chi connectivity index (χ0v) is 74.0. The van der Waals surface area contributed by atoms with Gasteiger partial charge in [-0.25, -0.2) is 0 Å². The van der Waals surface area contributed by atoms with Gasteiger partial charge in [-0.2, -0.15) is 21.0 Å². The molecule has 0 aliphatic heterocycles. The molecule has 0 spiro atoms. The second-order valence-corrected chi connectivity index (χ2v) is 44.4. The van der Waals surface area contributed by atoms with Crippen LogP contribution in [0.5, 0.6) is 0 Å². The number of nitriles is 4. The zero-order chi connectivity index (χ0) is 86.0. The third-order valence-electron chi connectivity index (χ3n) is 20.2. The molecule has 582 valence electrons. The van der Waals surface area contributed by atoms with Crippen molar-refractivity contribution in [1.29, 1.82) is 21.0 Å². The summed E-state index contributed by atoms with van der Waals surface area (Å²) < 4.78 is 15.5. The fourth-order valence-electron chi connectivity index (χ4n) is 14.4. The third-order valence-corrected chi connectivity index (χ3v) is 30.8. The molecule has 4 nitrogen and oxygen atoms in total. The standard InChI is InChI=1S/C28H28Si.C22H24Si.C13H13N.C12H18.3C11H13N/c1-28(2,3)23-14-13-21-27(22-23)29(24-15-7-4-8-16-24,25-17-9-5-10-18-25)26-19-11-6-12-20-26;1-22(2,3)23(19-13-7-4-8-14-19,20-15-9-5-10-16-20)21-17-11-6-12-18-21;1-5-10-7-6-8-11(9-14)12(10)13(2,3)4;1-5-10-8-6-7-9-11(10)12(2,3)4;1-11(2,3)10-6-4-9(8-12)5-7-10;1-11(2,3)10-6-4-5-9(7-10)8-12;1-11(2,3)10-7-5-4-6-9(10)8-12/h4-22H,1-3H3;4-18H,1-3H3;1,6-8H,2-4H3;6-9H,5H2,1-4H3;3*4-7H,1-3H3/i;;;5D2;;;. The molecule has 0 aliphatic rings. The van der Waals surface area contributed by atoms with Gasteiger partial charge >= 0.3 is 0 Å². The lowest BCUT2D eigenvalue weighted by Crippen LogP contribution is -2.74. The van der Waals surface area contributed by atoms with Gasteiger partial charge in [0, 0.05) is 8.30 Å². The van der Waals surface area contributed by atoms with Crippen LogP contribution in [0, 0.1) is 57.7 Å². The number of hydrogen-bond donors (Lipinski definition) is 0. The van der Waals surface area contributed by atoms with Gasteiger partial charge in [0.05, 0.1) is 46.5 Å². The molecule has 12 aromatic rings. The third kappa shape index (κ3) is 24.6. The number of nitrogens with zero attached hydrogens (tertiary/aromatic N) is 4. The van der Waals surface area contributed by atoms with Gasteiger partial charge in [0.25, 0.3) is 0 Å². The van der Waals surface area contributed by atoms with Gasteiger partial charge < -0.3 is 0 Å². The van der Waals surface area contributed by atoms with E-state index >= 15 is 0 Å². The predicted molar refractivity (Wildman–Crippen MR) is 494 cm³/mol. The van der Waals surface area contributed by atoms with Gasteiger partial charge in [0.2, 0.25) is 0 Å². The molecule has 0 fully saturated rings. The summed E-state index contributed by atoms with van der Waals surface area (Å²) in [5.74, 6) is 2.63. The first-order valence-corrected chi connectivity index (χ1v) is 43.5. The number of terminal acetylenes is 1. The minimum Gasteiger partial charge on any atom is -0.192 e. The molecule has 12 rings (SSSR count). The lowest BCUT2D eigenvalue weighted by Gasteiger charge is -2.44. The van der Waals surface area contributed by atoms with Crippen LogP contribution in [0.1, 0.15) is 222 Å². The maximum absolute atomic E-state index is 8.98. The summed E-state index contributed by atoms with van der Waals surface area (Å²) in [7, 11) is -4.54. The van der Waals surface area contributed by atoms with Gasteiger partial charge in [-0.15, -0.1) is 6.42 Å². The summed E-state index contributed by atoms with van der Waals surface area (Å²) in [4.78, 5) is 0. The first kappa shape index (κ1) is 88.2. The molecular formula is C108H122N4Si2. The molecule has 0 atom stereocenters. The summed E-state index contributed by atoms with van der Waals surface area (Å²) in [5, 5.41) is 45.4. The van der Waals surface area contributed by atoms with Crippen LogP contribution in [0.4, 0.5) is 0 Å². The van der Waals surface area contributed by atoms with Crippen LogP contribution in [0.2, 0.25) is 5.04 Å². The van der Waals surface area contributed by atoms with E-state index in [0.29, 0.717) is 5.56 Å². The molecule has 0 aliphatic carbocycles. The molecule has 0 radical (unpaired) electrons. The van der Waals surface area contributed by atoms with E-state index in [1.54, 1.807) is 13.0 Å². The van der Waals surface area contributed by atoms with Crippen molar-refractivity contribution in [1.82, 2.24) is 0 Å². The largest absolute Gasteiger partial charge is 0.192 e. The average Bonchev–Trinajstić information content (AvgIpc) is 0.731. The van der Waals surface area contributed by atoms with Gasteiger partial charge in [-0.05, 0) is 162 Å². The van der Waals surface area contributed by atoms with E-state index < -0.39 is 22.5 Å². The highest BCUT2D eigenvalue weighted by atomic mass is 28.3. The molecule has 0 saturated carbocycles. The molecule has 12 aromatic carbocycles. The van der Waals surface area contributed by atoms with Crippen LogP contribution in [-0.4, -0.2) is 16.1 Å². The molecule has 0 saturated heterocycles. The topological polar surface area (TPSA) is 95.2 Å². The molecule has 6 heteroatoms. The van der Waals surface area contributed by atoms with Crippen LogP contribution in [0.25, 0.3) is 0 Å². The predicted octanol–water partition coefficient (Wildman–Crippen LogP) is 23.3. The van der Waals surface area contributed by atoms with E-state index in [-0.39, 0.29) is 37.5 Å². The number of rotatable bonds is 8. The smallest absolute Gasteiger partial charge is 0.179 e. The van der Waals surface area contributed by atoms with Crippen LogP contribution in [0.3, 0.4) is 0 Å². The number of hydrogen-bond acceptors (Lipinski definition) is 4. The summed E-state index contributed by atoms with van der Waals surface area (Å²) >= 11 is 0. The summed E-state index contributed by atoms with van der Waals surface area (Å²) in [6, 6.07) is 121. The van der Waals surface area contributed by atoms with Crippen LogP contribution >= 0.6 is 0 Å². The Morgan fingerprint density at radius 2 is 0.605 bits per heavy atom. The van der Waals surface area contributed by atoms with Gasteiger partial charge in [0.15, 0.2) is 16.1 Å². The lowest BCUT2D eigenvalue weighted by molar-refractivity contribution is 0.583. The second-order valence-electron chi connectivity index (χ2n) is 35.8. The molecule has 0 heterocycles. The van der Waals surface area contributed by atoms with E-state index in [1.807, 2.05) is 103 Å². The summed E-state index contributed by atoms with van der Waals surface area (Å²) in [6.07, 6.45) is 4.15. The minimum absolute atomic E-state index is 0.0000463. The Kier molecular flexibility index (Phi) is 31.6. The Bertz CT molecular complexity index is 5020.